The van der Waals surface area contributed by atoms with Crippen LogP contribution < -0.4 is 15.1 Å². The Morgan fingerprint density at radius 1 is 0.981 bits per heavy atom. The summed E-state index contributed by atoms with van der Waals surface area (Å²) in [7, 11) is 1.63. The molecule has 280 valence electrons. The fourth-order valence-corrected chi connectivity index (χ4v) is 7.51. The van der Waals surface area contributed by atoms with Crippen LogP contribution in [0.2, 0.25) is 0 Å². The minimum Gasteiger partial charge on any atom is -0.435 e. The molecular formula is C36H45N5O11. The lowest BCUT2D eigenvalue weighted by atomic mass is 9.95. The zero-order chi connectivity index (χ0) is 36.6. The maximum absolute atomic E-state index is 14.1. The number of amides is 1. The lowest BCUT2D eigenvalue weighted by Gasteiger charge is -2.42. The van der Waals surface area contributed by atoms with Gasteiger partial charge < -0.3 is 43.8 Å². The number of cyclic esters (lactones) is 1. The number of piperidine rings is 1. The second kappa shape index (κ2) is 15.0. The van der Waals surface area contributed by atoms with Crippen LogP contribution in [0.5, 0.6) is 6.01 Å². The molecule has 0 spiro atoms. The van der Waals surface area contributed by atoms with E-state index in [9.17, 15) is 24.3 Å². The smallest absolute Gasteiger partial charge is 0.365 e. The topological polar surface area (TPSA) is 188 Å². The summed E-state index contributed by atoms with van der Waals surface area (Å²) in [6.07, 6.45) is 0.284. The van der Waals surface area contributed by atoms with E-state index in [4.69, 9.17) is 28.5 Å². The van der Waals surface area contributed by atoms with E-state index in [0.29, 0.717) is 51.8 Å². The number of nitrogens with zero attached hydrogens (tertiary/aromatic N) is 4. The first-order chi connectivity index (χ1) is 25.0. The van der Waals surface area contributed by atoms with E-state index in [2.05, 4.69) is 15.3 Å². The minimum atomic E-state index is -2.59. The van der Waals surface area contributed by atoms with Crippen LogP contribution in [0.15, 0.2) is 24.3 Å². The highest BCUT2D eigenvalue weighted by Crippen LogP contribution is 2.38. The van der Waals surface area contributed by atoms with Crippen molar-refractivity contribution in [1.29, 1.82) is 0 Å². The molecule has 1 amide bonds. The number of methoxy groups -OCH3 is 1. The van der Waals surface area contributed by atoms with Crippen LogP contribution in [0.1, 0.15) is 91.1 Å². The number of ether oxygens (including phenoxy) is 5. The van der Waals surface area contributed by atoms with Crippen molar-refractivity contribution in [2.24, 2.45) is 0 Å². The van der Waals surface area contributed by atoms with Crippen molar-refractivity contribution in [2.75, 3.05) is 31.9 Å². The number of aryl methyl sites for hydroxylation is 1. The van der Waals surface area contributed by atoms with Gasteiger partial charge in [0, 0.05) is 44.3 Å². The van der Waals surface area contributed by atoms with E-state index in [-0.39, 0.29) is 41.6 Å². The molecule has 2 N–H and O–H groups in total. The Bertz CT molecular complexity index is 1680. The molecule has 16 nitrogen and oxygen atoms in total. The number of hydrogen-bond donors (Lipinski definition) is 2. The Kier molecular flexibility index (Phi) is 10.4. The number of nitrogens with one attached hydrogen (secondary N) is 1. The number of hydroxylamine groups is 1. The third-order valence-electron chi connectivity index (χ3n) is 10.5. The highest BCUT2D eigenvalue weighted by molar-refractivity contribution is 5.96. The number of anilines is 1. The molecule has 4 bridgehead atoms. The fourth-order valence-electron chi connectivity index (χ4n) is 7.51. The summed E-state index contributed by atoms with van der Waals surface area (Å²) in [5.74, 6) is -3.91. The lowest BCUT2D eigenvalue weighted by Crippen LogP contribution is -2.57. The van der Waals surface area contributed by atoms with Crippen LogP contribution >= 0.6 is 0 Å². The highest BCUT2D eigenvalue weighted by Gasteiger charge is 2.51. The number of rotatable bonds is 6. The Labute approximate surface area is 301 Å². The average molecular weight is 724 g/mol. The van der Waals surface area contributed by atoms with E-state index in [1.165, 1.54) is 0 Å². The van der Waals surface area contributed by atoms with Crippen molar-refractivity contribution in [3.63, 3.8) is 0 Å². The van der Waals surface area contributed by atoms with Crippen molar-refractivity contribution < 1.29 is 52.8 Å². The number of aromatic nitrogens is 2. The van der Waals surface area contributed by atoms with E-state index >= 15 is 0 Å². The monoisotopic (exact) mass is 723 g/mol. The van der Waals surface area contributed by atoms with Crippen molar-refractivity contribution in [1.82, 2.24) is 20.2 Å². The number of esters is 2. The van der Waals surface area contributed by atoms with Gasteiger partial charge >= 0.3 is 23.9 Å². The maximum Gasteiger partial charge on any atom is 0.365 e. The largest absolute Gasteiger partial charge is 0.435 e. The molecule has 0 saturated carbocycles. The minimum absolute atomic E-state index is 0.0762. The molecule has 5 aliphatic heterocycles. The number of aliphatic hydroxyl groups is 1. The molecule has 5 aliphatic rings. The third kappa shape index (κ3) is 7.62. The molecule has 0 aliphatic carbocycles. The molecule has 16 heteroatoms. The maximum atomic E-state index is 14.1. The molecular weight excluding hydrogens is 678 g/mol. The fraction of sp³-hybridized carbons (Fsp3) is 0.611. The third-order valence-corrected chi connectivity index (χ3v) is 10.5. The number of carbonyl (C=O) groups is 4. The van der Waals surface area contributed by atoms with Crippen molar-refractivity contribution in [2.45, 2.75) is 114 Å². The lowest BCUT2D eigenvalue weighted by molar-refractivity contribution is -0.206. The van der Waals surface area contributed by atoms with Gasteiger partial charge in [0.25, 0.3) is 5.91 Å². The second-order valence-corrected chi connectivity index (χ2v) is 14.2. The standard InChI is InChI=1S/C36H45N5O11/c1-20-7-9-22(10-8-20)25-5-4-6-26(49-25)33-41-31-21(2)30(32(44)40-14-11-23(12-15-40)37-24-13-16-48-29(17-24)47-3)38-35(39-31)51-28(43)19-36(46,34(45)52-41)18-27(42)50-33/h7-10,23-26,29,33,37,46H,4-6,11-19H2,1-3H3/t24-,25+,26-,29-,33?,36?/m1/s1. The predicted octanol–water partition coefficient (Wildman–Crippen LogP) is 2.33. The van der Waals surface area contributed by atoms with E-state index < -0.39 is 60.6 Å². The number of carbonyl (C=O) groups excluding carboxylic acids is 4. The SMILES string of the molecule is CO[C@H]1C[C@H](NC2CCN(C(=O)c3nc4nc(c3C)N3OC(=O)C(O)(CC(=O)O4)CC(=O)OC3[C@H]3CCC[C@@H](c4ccc(C)cc4)O3)CC2)CCO1. The van der Waals surface area contributed by atoms with Crippen molar-refractivity contribution in [3.05, 3.63) is 46.6 Å². The van der Waals surface area contributed by atoms with Gasteiger partial charge in [-0.05, 0) is 57.9 Å². The molecule has 1 aromatic carbocycles. The summed E-state index contributed by atoms with van der Waals surface area (Å²) >= 11 is 0. The second-order valence-electron chi connectivity index (χ2n) is 14.2. The Morgan fingerprint density at radius 3 is 2.48 bits per heavy atom. The molecule has 0 radical (unpaired) electrons. The van der Waals surface area contributed by atoms with Crippen LogP contribution in [0.25, 0.3) is 0 Å². The van der Waals surface area contributed by atoms with Crippen LogP contribution in [0.3, 0.4) is 0 Å². The van der Waals surface area contributed by atoms with E-state index in [1.54, 1.807) is 18.9 Å². The van der Waals surface area contributed by atoms with Gasteiger partial charge in [-0.1, -0.05) is 29.8 Å². The van der Waals surface area contributed by atoms with Gasteiger partial charge in [0.15, 0.2) is 17.7 Å². The van der Waals surface area contributed by atoms with Gasteiger partial charge in [0.05, 0.1) is 25.6 Å². The van der Waals surface area contributed by atoms with Gasteiger partial charge in [-0.15, -0.1) is 5.06 Å². The zero-order valence-electron chi connectivity index (χ0n) is 29.6. The summed E-state index contributed by atoms with van der Waals surface area (Å²) in [5, 5.41) is 15.9. The molecule has 2 unspecified atom stereocenters. The number of benzene rings is 1. The Morgan fingerprint density at radius 2 is 1.73 bits per heavy atom. The average Bonchev–Trinajstić information content (AvgIpc) is 3.13. The number of likely N-dealkylation sites (tertiary alicyclic amines) is 1. The van der Waals surface area contributed by atoms with Crippen LogP contribution in [-0.2, 0) is 38.2 Å². The molecule has 4 saturated heterocycles. The molecule has 52 heavy (non-hydrogen) atoms. The first kappa shape index (κ1) is 36.2. The summed E-state index contributed by atoms with van der Waals surface area (Å²) in [5.41, 5.74) is -0.457. The van der Waals surface area contributed by atoms with Gasteiger partial charge in [-0.3, -0.25) is 14.4 Å². The summed E-state index contributed by atoms with van der Waals surface area (Å²) in [6, 6.07) is 7.88. The van der Waals surface area contributed by atoms with Crippen molar-refractivity contribution >= 4 is 29.6 Å². The van der Waals surface area contributed by atoms with Gasteiger partial charge in [-0.2, -0.15) is 9.97 Å². The first-order valence-corrected chi connectivity index (χ1v) is 17.9. The number of hydrogen-bond acceptors (Lipinski definition) is 15. The van der Waals surface area contributed by atoms with Crippen LogP contribution in [0.4, 0.5) is 5.82 Å². The van der Waals surface area contributed by atoms with E-state index in [0.717, 1.165) is 29.0 Å². The molecule has 2 aromatic rings. The van der Waals surface area contributed by atoms with Gasteiger partial charge in [0.1, 0.15) is 11.8 Å². The normalized spacial score (nSPS) is 30.2. The summed E-state index contributed by atoms with van der Waals surface area (Å²) in [4.78, 5) is 70.3. The van der Waals surface area contributed by atoms with Crippen LogP contribution in [0, 0.1) is 13.8 Å². The quantitative estimate of drug-likeness (QED) is 0.413. The zero-order valence-corrected chi connectivity index (χ0v) is 29.6. The molecule has 6 heterocycles. The molecule has 6 atom stereocenters. The predicted molar refractivity (Wildman–Crippen MR) is 180 cm³/mol. The number of fused-ring (bicyclic) bond motifs is 6. The molecule has 1 aromatic heterocycles. The van der Waals surface area contributed by atoms with Gasteiger partial charge in [-0.25, -0.2) is 4.79 Å². The van der Waals surface area contributed by atoms with E-state index in [1.807, 2.05) is 31.2 Å². The van der Waals surface area contributed by atoms with Gasteiger partial charge in [0.2, 0.25) is 6.23 Å². The first-order valence-electron chi connectivity index (χ1n) is 17.9. The van der Waals surface area contributed by atoms with Crippen molar-refractivity contribution in [3.8, 4) is 6.01 Å². The highest BCUT2D eigenvalue weighted by atomic mass is 16.8. The molecule has 7 rings (SSSR count). The Hall–Kier alpha value is -4.22. The molecule has 4 fully saturated rings. The summed E-state index contributed by atoms with van der Waals surface area (Å²) < 4.78 is 28.8. The Balaban J connectivity index is 1.18. The van der Waals surface area contributed by atoms with Crippen LogP contribution in [-0.4, -0.2) is 107 Å². The summed E-state index contributed by atoms with van der Waals surface area (Å²) in [6.45, 7) is 5.04.